The molecule has 0 radical (unpaired) electrons. The minimum Gasteiger partial charge on any atom is -0.369 e. The number of anilines is 3. The smallest absolute Gasteiger partial charge is 0.369 e. The minimum atomic E-state index is -4.56. The molecule has 0 spiro atoms. The van der Waals surface area contributed by atoms with Gasteiger partial charge in [-0.1, -0.05) is 48.5 Å². The molecule has 5 aromatic rings. The van der Waals surface area contributed by atoms with Crippen LogP contribution in [-0.2, 0) is 12.7 Å². The van der Waals surface area contributed by atoms with Crippen LogP contribution in [0.1, 0.15) is 11.1 Å². The van der Waals surface area contributed by atoms with E-state index in [-0.39, 0.29) is 23.7 Å². The number of halogens is 3. The predicted octanol–water partition coefficient (Wildman–Crippen LogP) is 5.68. The number of fused-ring (bicyclic) bond motifs is 1. The van der Waals surface area contributed by atoms with Crippen LogP contribution < -0.4 is 21.1 Å². The lowest BCUT2D eigenvalue weighted by molar-refractivity contribution is -0.138. The van der Waals surface area contributed by atoms with E-state index in [2.05, 4.69) is 25.5 Å². The second-order valence-corrected chi connectivity index (χ2v) is 9.85. The molecule has 6 rings (SSSR count). The van der Waals surface area contributed by atoms with Gasteiger partial charge < -0.3 is 15.5 Å². The van der Waals surface area contributed by atoms with E-state index in [1.54, 1.807) is 36.5 Å². The average Bonchev–Trinajstić information content (AvgIpc) is 2.99. The molecule has 3 heterocycles. The third-order valence-corrected chi connectivity index (χ3v) is 7.17. The Morgan fingerprint density at radius 3 is 2.34 bits per heavy atom. The summed E-state index contributed by atoms with van der Waals surface area (Å²) < 4.78 is 42.8. The molecular formula is C31H27F3N6O. The lowest BCUT2D eigenvalue weighted by Gasteiger charge is -2.29. The van der Waals surface area contributed by atoms with Gasteiger partial charge in [0.25, 0.3) is 5.56 Å². The summed E-state index contributed by atoms with van der Waals surface area (Å²) in [5.74, 6) is 0.233. The summed E-state index contributed by atoms with van der Waals surface area (Å²) in [5, 5.41) is 7.04. The second kappa shape index (κ2) is 11.1. The molecule has 0 bridgehead atoms. The third kappa shape index (κ3) is 5.64. The number of nitrogens with one attached hydrogen (secondary N) is 2. The highest BCUT2D eigenvalue weighted by Gasteiger charge is 2.33. The quantitative estimate of drug-likeness (QED) is 0.280. The molecule has 0 atom stereocenters. The van der Waals surface area contributed by atoms with Gasteiger partial charge in [-0.15, -0.1) is 0 Å². The molecule has 2 aromatic heterocycles. The van der Waals surface area contributed by atoms with Crippen LogP contribution in [0.15, 0.2) is 95.9 Å². The SMILES string of the molecule is O=c1c(-c2ccccc2)cc2cnc(Nc3ccc(N4CCNCC4)cc3)nc2n1Cc1ccccc1C(F)(F)F. The van der Waals surface area contributed by atoms with Gasteiger partial charge in [-0.25, -0.2) is 4.98 Å². The van der Waals surface area contributed by atoms with Crippen molar-refractivity contribution in [3.63, 3.8) is 0 Å². The number of hydrogen-bond acceptors (Lipinski definition) is 6. The van der Waals surface area contributed by atoms with Crippen LogP contribution in [0.3, 0.4) is 0 Å². The van der Waals surface area contributed by atoms with Gasteiger partial charge in [-0.05, 0) is 47.5 Å². The van der Waals surface area contributed by atoms with Gasteiger partial charge in [-0.2, -0.15) is 18.2 Å². The standard InChI is InChI=1S/C31H27F3N6O/c32-31(33,34)27-9-5-4-8-22(27)20-40-28-23(18-26(29(40)41)21-6-2-1-3-7-21)19-36-30(38-28)37-24-10-12-25(13-11-24)39-16-14-35-15-17-39/h1-13,18-19,35H,14-17,20H2,(H,36,37,38). The molecule has 0 unspecified atom stereocenters. The van der Waals surface area contributed by atoms with E-state index in [0.717, 1.165) is 43.6 Å². The number of nitrogens with zero attached hydrogens (tertiary/aromatic N) is 4. The van der Waals surface area contributed by atoms with Crippen molar-refractivity contribution in [2.45, 2.75) is 12.7 Å². The summed E-state index contributed by atoms with van der Waals surface area (Å²) in [6, 6.07) is 23.9. The van der Waals surface area contributed by atoms with Crippen molar-refractivity contribution in [3.8, 4) is 11.1 Å². The number of alkyl halides is 3. The van der Waals surface area contributed by atoms with E-state index in [4.69, 9.17) is 0 Å². The summed E-state index contributed by atoms with van der Waals surface area (Å²) in [7, 11) is 0. The van der Waals surface area contributed by atoms with Crippen LogP contribution in [0, 0.1) is 0 Å². The maximum Gasteiger partial charge on any atom is 0.416 e. The highest BCUT2D eigenvalue weighted by molar-refractivity contribution is 5.82. The van der Waals surface area contributed by atoms with Gasteiger partial charge in [0.15, 0.2) is 0 Å². The van der Waals surface area contributed by atoms with Crippen molar-refractivity contribution in [2.75, 3.05) is 36.4 Å². The largest absolute Gasteiger partial charge is 0.416 e. The Morgan fingerprint density at radius 2 is 1.61 bits per heavy atom. The van der Waals surface area contributed by atoms with Crippen molar-refractivity contribution in [2.24, 2.45) is 0 Å². The zero-order valence-electron chi connectivity index (χ0n) is 22.0. The van der Waals surface area contributed by atoms with Crippen LogP contribution in [0.4, 0.5) is 30.5 Å². The zero-order chi connectivity index (χ0) is 28.4. The molecule has 0 amide bonds. The van der Waals surface area contributed by atoms with Crippen LogP contribution in [-0.4, -0.2) is 40.7 Å². The van der Waals surface area contributed by atoms with E-state index >= 15 is 0 Å². The number of rotatable bonds is 6. The molecule has 2 N–H and O–H groups in total. The van der Waals surface area contributed by atoms with Crippen molar-refractivity contribution in [1.82, 2.24) is 19.9 Å². The number of aromatic nitrogens is 3. The molecule has 3 aromatic carbocycles. The van der Waals surface area contributed by atoms with Gasteiger partial charge >= 0.3 is 6.18 Å². The average molecular weight is 557 g/mol. The molecule has 0 aliphatic carbocycles. The van der Waals surface area contributed by atoms with E-state index in [1.807, 2.05) is 30.3 Å². The van der Waals surface area contributed by atoms with E-state index in [0.29, 0.717) is 16.5 Å². The number of piperazine rings is 1. The van der Waals surface area contributed by atoms with Gasteiger partial charge in [-0.3, -0.25) is 9.36 Å². The lowest BCUT2D eigenvalue weighted by Crippen LogP contribution is -2.43. The molecule has 208 valence electrons. The number of benzene rings is 3. The molecule has 1 aliphatic rings. The normalized spacial score (nSPS) is 13.9. The topological polar surface area (TPSA) is 75.1 Å². The maximum absolute atomic E-state index is 13.8. The Balaban J connectivity index is 1.41. The first kappa shape index (κ1) is 26.5. The van der Waals surface area contributed by atoms with E-state index < -0.39 is 17.3 Å². The summed E-state index contributed by atoms with van der Waals surface area (Å²) >= 11 is 0. The summed E-state index contributed by atoms with van der Waals surface area (Å²) in [6.07, 6.45) is -2.98. The van der Waals surface area contributed by atoms with Gasteiger partial charge in [0, 0.05) is 54.7 Å². The zero-order valence-corrected chi connectivity index (χ0v) is 22.0. The molecule has 1 aliphatic heterocycles. The first-order valence-corrected chi connectivity index (χ1v) is 13.3. The van der Waals surface area contributed by atoms with Crippen molar-refractivity contribution in [1.29, 1.82) is 0 Å². The van der Waals surface area contributed by atoms with Gasteiger partial charge in [0.2, 0.25) is 5.95 Å². The summed E-state index contributed by atoms with van der Waals surface area (Å²) in [6.45, 7) is 3.43. The van der Waals surface area contributed by atoms with Crippen LogP contribution in [0.2, 0.25) is 0 Å². The minimum absolute atomic E-state index is 0.0229. The van der Waals surface area contributed by atoms with Crippen LogP contribution in [0.25, 0.3) is 22.2 Å². The molecule has 41 heavy (non-hydrogen) atoms. The van der Waals surface area contributed by atoms with Crippen molar-refractivity contribution >= 4 is 28.4 Å². The Hall–Kier alpha value is -4.70. The fourth-order valence-electron chi connectivity index (χ4n) is 5.10. The lowest BCUT2D eigenvalue weighted by atomic mass is 10.0. The fraction of sp³-hybridized carbons (Fsp3) is 0.194. The van der Waals surface area contributed by atoms with Crippen molar-refractivity contribution < 1.29 is 13.2 Å². The Labute approximate surface area is 234 Å². The molecular weight excluding hydrogens is 529 g/mol. The van der Waals surface area contributed by atoms with E-state index in [1.165, 1.54) is 22.8 Å². The molecule has 1 fully saturated rings. The number of pyridine rings is 1. The molecule has 0 saturated carbocycles. The molecule has 1 saturated heterocycles. The maximum atomic E-state index is 13.8. The van der Waals surface area contributed by atoms with Crippen LogP contribution in [0.5, 0.6) is 0 Å². The number of hydrogen-bond donors (Lipinski definition) is 2. The highest BCUT2D eigenvalue weighted by Crippen LogP contribution is 2.33. The fourth-order valence-corrected chi connectivity index (χ4v) is 5.10. The first-order chi connectivity index (χ1) is 19.9. The summed E-state index contributed by atoms with van der Waals surface area (Å²) in [4.78, 5) is 25.2. The summed E-state index contributed by atoms with van der Waals surface area (Å²) in [5.41, 5.74) is 1.86. The molecule has 7 nitrogen and oxygen atoms in total. The third-order valence-electron chi connectivity index (χ3n) is 7.17. The van der Waals surface area contributed by atoms with Crippen LogP contribution >= 0.6 is 0 Å². The van der Waals surface area contributed by atoms with E-state index in [9.17, 15) is 18.0 Å². The van der Waals surface area contributed by atoms with Gasteiger partial charge in [0.1, 0.15) is 5.65 Å². The van der Waals surface area contributed by atoms with Crippen molar-refractivity contribution in [3.05, 3.63) is 113 Å². The Bertz CT molecular complexity index is 1730. The van der Waals surface area contributed by atoms with Gasteiger partial charge in [0.05, 0.1) is 12.1 Å². The predicted molar refractivity (Wildman–Crippen MR) is 155 cm³/mol. The Morgan fingerprint density at radius 1 is 0.902 bits per heavy atom. The highest BCUT2D eigenvalue weighted by atomic mass is 19.4. The second-order valence-electron chi connectivity index (χ2n) is 9.85. The first-order valence-electron chi connectivity index (χ1n) is 13.3. The monoisotopic (exact) mass is 556 g/mol. The molecule has 10 heteroatoms. The Kier molecular flexibility index (Phi) is 7.15.